The van der Waals surface area contributed by atoms with Crippen molar-refractivity contribution in [3.8, 4) is 0 Å². The molecule has 0 aromatic carbocycles. The van der Waals surface area contributed by atoms with Crippen LogP contribution in [0.15, 0.2) is 16.0 Å². The molecule has 1 aromatic rings. The zero-order chi connectivity index (χ0) is 8.27. The Bertz CT molecular complexity index is 257. The minimum absolute atomic E-state index is 0.682. The molecule has 1 rings (SSSR count). The van der Waals surface area contributed by atoms with Crippen molar-refractivity contribution < 1.29 is 4.79 Å². The van der Waals surface area contributed by atoms with Gasteiger partial charge >= 0.3 is 0 Å². The normalized spacial score (nSPS) is 10.0. The topological polar surface area (TPSA) is 32.9 Å². The maximum Gasteiger partial charge on any atom is 0.167 e. The third kappa shape index (κ3) is 1.62. The van der Waals surface area contributed by atoms with E-state index in [1.54, 1.807) is 23.5 Å². The predicted octanol–water partition coefficient (Wildman–Crippen LogP) is 2.27. The van der Waals surface area contributed by atoms with Crippen molar-refractivity contribution >= 4 is 29.8 Å². The fraction of sp³-hybridized carbons (Fsp3) is 0.286. The van der Waals surface area contributed by atoms with Gasteiger partial charge < -0.3 is 4.98 Å². The first-order chi connectivity index (χ1) is 5.33. The van der Waals surface area contributed by atoms with E-state index < -0.39 is 0 Å². The van der Waals surface area contributed by atoms with Gasteiger partial charge in [0.15, 0.2) is 6.29 Å². The number of hydrogen-bond donors (Lipinski definition) is 1. The van der Waals surface area contributed by atoms with Crippen molar-refractivity contribution in [3.05, 3.63) is 11.9 Å². The molecular weight excluding hydrogens is 178 g/mol. The number of carbonyl (C=O) groups excluding carboxylic acids is 1. The predicted molar refractivity (Wildman–Crippen MR) is 49.7 cm³/mol. The molecule has 0 atom stereocenters. The van der Waals surface area contributed by atoms with Crippen LogP contribution in [0.1, 0.15) is 10.5 Å². The molecule has 2 nitrogen and oxygen atoms in total. The Kier molecular flexibility index (Phi) is 3.08. The highest BCUT2D eigenvalue weighted by atomic mass is 32.2. The Morgan fingerprint density at radius 3 is 2.64 bits per heavy atom. The molecule has 60 valence electrons. The number of aldehydes is 1. The number of thioether (sulfide) groups is 2. The lowest BCUT2D eigenvalue weighted by atomic mass is 10.5. The van der Waals surface area contributed by atoms with E-state index in [0.717, 1.165) is 16.1 Å². The fourth-order valence-corrected chi connectivity index (χ4v) is 2.42. The molecule has 11 heavy (non-hydrogen) atoms. The standard InChI is InChI=1S/C7H9NOS2/c1-10-6-3-8-5(4-9)7(6)11-2/h3-4,8H,1-2H3. The molecule has 0 bridgehead atoms. The Balaban J connectivity index is 3.08. The second-order valence-electron chi connectivity index (χ2n) is 1.92. The van der Waals surface area contributed by atoms with E-state index in [1.807, 2.05) is 18.7 Å². The van der Waals surface area contributed by atoms with E-state index >= 15 is 0 Å². The summed E-state index contributed by atoms with van der Waals surface area (Å²) in [4.78, 5) is 15.6. The summed E-state index contributed by atoms with van der Waals surface area (Å²) in [6.07, 6.45) is 6.68. The first-order valence-corrected chi connectivity index (χ1v) is 5.53. The van der Waals surface area contributed by atoms with Crippen molar-refractivity contribution in [2.45, 2.75) is 9.79 Å². The Morgan fingerprint density at radius 1 is 1.45 bits per heavy atom. The van der Waals surface area contributed by atoms with E-state index in [2.05, 4.69) is 4.98 Å². The van der Waals surface area contributed by atoms with Gasteiger partial charge in [0.1, 0.15) is 0 Å². The van der Waals surface area contributed by atoms with Gasteiger partial charge in [0.2, 0.25) is 0 Å². The van der Waals surface area contributed by atoms with Gasteiger partial charge in [0.05, 0.1) is 5.69 Å². The maximum absolute atomic E-state index is 10.5. The molecule has 4 heteroatoms. The largest absolute Gasteiger partial charge is 0.357 e. The zero-order valence-electron chi connectivity index (χ0n) is 6.38. The van der Waals surface area contributed by atoms with Crippen molar-refractivity contribution in [1.82, 2.24) is 4.98 Å². The van der Waals surface area contributed by atoms with Crippen LogP contribution in [0.2, 0.25) is 0 Å². The first kappa shape index (κ1) is 8.74. The summed E-state index contributed by atoms with van der Waals surface area (Å²) in [5.41, 5.74) is 0.682. The van der Waals surface area contributed by atoms with Gasteiger partial charge in [-0.25, -0.2) is 0 Å². The molecule has 1 heterocycles. The van der Waals surface area contributed by atoms with Crippen LogP contribution in [0, 0.1) is 0 Å². The van der Waals surface area contributed by atoms with Gasteiger partial charge in [-0.2, -0.15) is 0 Å². The van der Waals surface area contributed by atoms with Crippen LogP contribution in [0.3, 0.4) is 0 Å². The number of nitrogens with one attached hydrogen (secondary N) is 1. The molecule has 0 aliphatic heterocycles. The molecule has 1 N–H and O–H groups in total. The quantitative estimate of drug-likeness (QED) is 0.582. The number of aromatic amines is 1. The first-order valence-electron chi connectivity index (χ1n) is 3.08. The van der Waals surface area contributed by atoms with Crippen LogP contribution in [0.5, 0.6) is 0 Å². The van der Waals surface area contributed by atoms with Crippen LogP contribution < -0.4 is 0 Å². The van der Waals surface area contributed by atoms with Crippen LogP contribution in [0.25, 0.3) is 0 Å². The Morgan fingerprint density at radius 2 is 2.18 bits per heavy atom. The summed E-state index contributed by atoms with van der Waals surface area (Å²) < 4.78 is 0. The SMILES string of the molecule is CSc1c[nH]c(C=O)c1SC. The van der Waals surface area contributed by atoms with Crippen molar-refractivity contribution in [2.24, 2.45) is 0 Å². The molecule has 0 unspecified atom stereocenters. The number of carbonyl (C=O) groups is 1. The molecule has 0 radical (unpaired) electrons. The average Bonchev–Trinajstić information content (AvgIpc) is 2.45. The number of hydrogen-bond acceptors (Lipinski definition) is 3. The number of rotatable bonds is 3. The van der Waals surface area contributed by atoms with Gasteiger partial charge in [0.25, 0.3) is 0 Å². The summed E-state index contributed by atoms with van der Waals surface area (Å²) in [6.45, 7) is 0. The van der Waals surface area contributed by atoms with Crippen LogP contribution >= 0.6 is 23.5 Å². The van der Waals surface area contributed by atoms with Gasteiger partial charge in [-0.05, 0) is 12.5 Å². The molecule has 0 amide bonds. The smallest absolute Gasteiger partial charge is 0.167 e. The Hall–Kier alpha value is -0.350. The molecule has 0 saturated heterocycles. The Labute approximate surface area is 74.1 Å². The molecular formula is C7H9NOS2. The van der Waals surface area contributed by atoms with E-state index in [-0.39, 0.29) is 0 Å². The van der Waals surface area contributed by atoms with Gasteiger partial charge in [-0.1, -0.05) is 0 Å². The summed E-state index contributed by atoms with van der Waals surface area (Å²) in [7, 11) is 0. The van der Waals surface area contributed by atoms with E-state index in [4.69, 9.17) is 0 Å². The van der Waals surface area contributed by atoms with Crippen LogP contribution in [-0.4, -0.2) is 23.8 Å². The van der Waals surface area contributed by atoms with Gasteiger partial charge in [0, 0.05) is 16.0 Å². The number of H-pyrrole nitrogens is 1. The lowest BCUT2D eigenvalue weighted by Gasteiger charge is -1.95. The highest BCUT2D eigenvalue weighted by Gasteiger charge is 2.07. The lowest BCUT2D eigenvalue weighted by molar-refractivity contribution is 0.111. The van der Waals surface area contributed by atoms with Crippen molar-refractivity contribution in [1.29, 1.82) is 0 Å². The van der Waals surface area contributed by atoms with E-state index in [1.165, 1.54) is 0 Å². The molecule has 0 aliphatic rings. The molecule has 0 saturated carbocycles. The molecule has 0 aliphatic carbocycles. The van der Waals surface area contributed by atoms with E-state index in [9.17, 15) is 4.79 Å². The molecule has 0 fully saturated rings. The second-order valence-corrected chi connectivity index (χ2v) is 3.59. The van der Waals surface area contributed by atoms with E-state index in [0.29, 0.717) is 5.69 Å². The summed E-state index contributed by atoms with van der Waals surface area (Å²) in [5.74, 6) is 0. The fourth-order valence-electron chi connectivity index (χ4n) is 0.857. The summed E-state index contributed by atoms with van der Waals surface area (Å²) >= 11 is 3.24. The third-order valence-electron chi connectivity index (χ3n) is 1.37. The lowest BCUT2D eigenvalue weighted by Crippen LogP contribution is -1.80. The summed E-state index contributed by atoms with van der Waals surface area (Å²) in [5, 5.41) is 0. The van der Waals surface area contributed by atoms with Gasteiger partial charge in [-0.3, -0.25) is 4.79 Å². The minimum Gasteiger partial charge on any atom is -0.357 e. The average molecular weight is 187 g/mol. The zero-order valence-corrected chi connectivity index (χ0v) is 8.01. The highest BCUT2D eigenvalue weighted by molar-refractivity contribution is 8.01. The van der Waals surface area contributed by atoms with Crippen molar-refractivity contribution in [2.75, 3.05) is 12.5 Å². The molecule has 0 spiro atoms. The van der Waals surface area contributed by atoms with Crippen molar-refractivity contribution in [3.63, 3.8) is 0 Å². The maximum atomic E-state index is 10.5. The molecule has 1 aromatic heterocycles. The highest BCUT2D eigenvalue weighted by Crippen LogP contribution is 2.30. The summed E-state index contributed by atoms with van der Waals surface area (Å²) in [6, 6.07) is 0. The van der Waals surface area contributed by atoms with Crippen LogP contribution in [-0.2, 0) is 0 Å². The van der Waals surface area contributed by atoms with Crippen LogP contribution in [0.4, 0.5) is 0 Å². The minimum atomic E-state index is 0.682. The second kappa shape index (κ2) is 3.88. The number of aromatic nitrogens is 1. The monoisotopic (exact) mass is 187 g/mol. The third-order valence-corrected chi connectivity index (χ3v) is 3.11. The van der Waals surface area contributed by atoms with Gasteiger partial charge in [-0.15, -0.1) is 23.5 Å².